The van der Waals surface area contributed by atoms with Crippen molar-refractivity contribution in [3.63, 3.8) is 0 Å². The fourth-order valence-corrected chi connectivity index (χ4v) is 1.44. The number of hydrogen-bond donors (Lipinski definition) is 2. The molecule has 1 rings (SSSR count). The van der Waals surface area contributed by atoms with E-state index in [1.165, 1.54) is 0 Å². The lowest BCUT2D eigenvalue weighted by Crippen LogP contribution is -2.48. The van der Waals surface area contributed by atoms with Gasteiger partial charge in [-0.05, 0) is 24.8 Å². The second kappa shape index (κ2) is 10.0. The van der Waals surface area contributed by atoms with E-state index in [1.807, 2.05) is 7.05 Å². The molecule has 0 aromatic carbocycles. The van der Waals surface area contributed by atoms with Crippen LogP contribution in [0.3, 0.4) is 0 Å². The molecule has 1 atom stereocenters. The third-order valence-electron chi connectivity index (χ3n) is 2.48. The van der Waals surface area contributed by atoms with Gasteiger partial charge in [0, 0.05) is 13.1 Å². The number of esters is 1. The van der Waals surface area contributed by atoms with Crippen LogP contribution in [0.1, 0.15) is 6.92 Å². The first-order valence-electron chi connectivity index (χ1n) is 6.39. The Bertz CT molecular complexity index is 391. The van der Waals surface area contributed by atoms with E-state index in [9.17, 15) is 4.79 Å². The van der Waals surface area contributed by atoms with Gasteiger partial charge in [0.2, 0.25) is 0 Å². The van der Waals surface area contributed by atoms with Crippen LogP contribution in [0.4, 0.5) is 0 Å². The number of morpholine rings is 1. The van der Waals surface area contributed by atoms with E-state index in [-0.39, 0.29) is 19.6 Å². The number of ether oxygens (including phenoxy) is 2. The van der Waals surface area contributed by atoms with Crippen LogP contribution in [0, 0.1) is 11.3 Å². The zero-order chi connectivity index (χ0) is 15.5. The summed E-state index contributed by atoms with van der Waals surface area (Å²) in [5.74, 6) is -0.861. The zero-order valence-corrected chi connectivity index (χ0v) is 12.0. The van der Waals surface area contributed by atoms with E-state index in [2.05, 4.69) is 25.8 Å². The molecular formula is C11H19N5O5. The topological polar surface area (TPSA) is 117 Å². The number of nitrogens with zero attached hydrogens (tertiary/aromatic N) is 3. The van der Waals surface area contributed by atoms with E-state index in [1.54, 1.807) is 17.9 Å². The molecule has 0 radical (unpaired) electrons. The molecular weight excluding hydrogens is 282 g/mol. The van der Waals surface area contributed by atoms with Crippen LogP contribution in [0.25, 0.3) is 0 Å². The van der Waals surface area contributed by atoms with Gasteiger partial charge < -0.3 is 14.8 Å². The first-order valence-corrected chi connectivity index (χ1v) is 6.39. The van der Waals surface area contributed by atoms with Crippen LogP contribution in [0.15, 0.2) is 5.16 Å². The first-order chi connectivity index (χ1) is 10.2. The molecule has 1 heterocycles. The largest absolute Gasteiger partial charge is 0.461 e. The summed E-state index contributed by atoms with van der Waals surface area (Å²) < 4.78 is 10.1. The Morgan fingerprint density at radius 2 is 2.48 bits per heavy atom. The van der Waals surface area contributed by atoms with Crippen molar-refractivity contribution in [2.45, 2.75) is 13.2 Å². The number of carbonyl (C=O) groups is 1. The summed E-state index contributed by atoms with van der Waals surface area (Å²) in [5, 5.41) is 15.1. The molecule has 0 amide bonds. The van der Waals surface area contributed by atoms with Gasteiger partial charge >= 0.3 is 5.97 Å². The van der Waals surface area contributed by atoms with Crippen molar-refractivity contribution in [2.75, 3.05) is 40.1 Å². The fourth-order valence-electron chi connectivity index (χ4n) is 1.44. The SMILES string of the molecule is CCOC(=O)/C(C#N)=N/ONOCN(C)C1CNCCO1. The molecule has 0 aromatic heterocycles. The number of rotatable bonds is 8. The Balaban J connectivity index is 2.20. The number of carbonyl (C=O) groups excluding carboxylic acids is 1. The molecule has 118 valence electrons. The maximum absolute atomic E-state index is 11.2. The van der Waals surface area contributed by atoms with Crippen molar-refractivity contribution >= 4 is 11.7 Å². The lowest BCUT2D eigenvalue weighted by molar-refractivity contribution is -0.211. The number of hydrogen-bond acceptors (Lipinski definition) is 10. The summed E-state index contributed by atoms with van der Waals surface area (Å²) in [6.07, 6.45) is -0.0988. The average molecular weight is 301 g/mol. The second-order valence-corrected chi connectivity index (χ2v) is 4.01. The Hall–Kier alpha value is -1.77. The third-order valence-corrected chi connectivity index (χ3v) is 2.48. The number of nitrogens with one attached hydrogen (secondary N) is 2. The molecule has 0 bridgehead atoms. The minimum absolute atomic E-state index is 0.0988. The average Bonchev–Trinajstić information content (AvgIpc) is 2.51. The lowest BCUT2D eigenvalue weighted by atomic mass is 10.4. The van der Waals surface area contributed by atoms with Crippen molar-refractivity contribution in [1.29, 1.82) is 5.26 Å². The van der Waals surface area contributed by atoms with E-state index in [0.717, 1.165) is 6.54 Å². The maximum Gasteiger partial charge on any atom is 0.371 e. The third kappa shape index (κ3) is 6.48. The van der Waals surface area contributed by atoms with Crippen LogP contribution in [0.5, 0.6) is 0 Å². The summed E-state index contributed by atoms with van der Waals surface area (Å²) in [6.45, 7) is 4.07. The summed E-state index contributed by atoms with van der Waals surface area (Å²) >= 11 is 0. The molecule has 0 spiro atoms. The quantitative estimate of drug-likeness (QED) is 0.186. The van der Waals surface area contributed by atoms with Crippen molar-refractivity contribution in [2.24, 2.45) is 5.16 Å². The van der Waals surface area contributed by atoms with Gasteiger partial charge in [0.1, 0.15) is 19.0 Å². The number of nitriles is 1. The van der Waals surface area contributed by atoms with Crippen LogP contribution in [-0.4, -0.2) is 62.9 Å². The highest BCUT2D eigenvalue weighted by Crippen LogP contribution is 2.00. The van der Waals surface area contributed by atoms with Gasteiger partial charge in [-0.25, -0.2) is 9.63 Å². The molecule has 21 heavy (non-hydrogen) atoms. The highest BCUT2D eigenvalue weighted by atomic mass is 17.0. The predicted molar refractivity (Wildman–Crippen MR) is 70.2 cm³/mol. The summed E-state index contributed by atoms with van der Waals surface area (Å²) in [6, 6.07) is 1.55. The molecule has 10 nitrogen and oxygen atoms in total. The monoisotopic (exact) mass is 301 g/mol. The Kier molecular flexibility index (Phi) is 8.25. The maximum atomic E-state index is 11.2. The fraction of sp³-hybridized carbons (Fsp3) is 0.727. The number of likely N-dealkylation sites (N-methyl/N-ethyl adjacent to an activating group) is 1. The summed E-state index contributed by atoms with van der Waals surface area (Å²) in [5.41, 5.74) is 1.54. The normalized spacial score (nSPS) is 19.1. The molecule has 0 aromatic rings. The molecule has 0 aliphatic carbocycles. The molecule has 0 saturated carbocycles. The highest BCUT2D eigenvalue weighted by molar-refractivity contribution is 6.42. The van der Waals surface area contributed by atoms with Crippen molar-refractivity contribution in [3.05, 3.63) is 0 Å². The van der Waals surface area contributed by atoms with Crippen LogP contribution >= 0.6 is 0 Å². The summed E-state index contributed by atoms with van der Waals surface area (Å²) in [4.78, 5) is 22.5. The van der Waals surface area contributed by atoms with Crippen LogP contribution in [-0.2, 0) is 24.0 Å². The number of oxime groups is 1. The van der Waals surface area contributed by atoms with Gasteiger partial charge in [-0.3, -0.25) is 9.84 Å². The molecule has 10 heteroatoms. The van der Waals surface area contributed by atoms with Crippen molar-refractivity contribution < 1.29 is 24.0 Å². The van der Waals surface area contributed by atoms with Gasteiger partial charge in [-0.15, -0.1) is 0 Å². The Labute approximate surface area is 122 Å². The lowest BCUT2D eigenvalue weighted by Gasteiger charge is -2.30. The van der Waals surface area contributed by atoms with Crippen LogP contribution < -0.4 is 11.0 Å². The minimum Gasteiger partial charge on any atom is -0.461 e. The van der Waals surface area contributed by atoms with Gasteiger partial charge in [-0.2, -0.15) is 5.26 Å². The Morgan fingerprint density at radius 3 is 3.10 bits per heavy atom. The predicted octanol–water partition coefficient (Wildman–Crippen LogP) is -1.28. The smallest absolute Gasteiger partial charge is 0.371 e. The molecule has 2 N–H and O–H groups in total. The van der Waals surface area contributed by atoms with Gasteiger partial charge in [0.15, 0.2) is 0 Å². The zero-order valence-electron chi connectivity index (χ0n) is 12.0. The molecule has 1 saturated heterocycles. The first kappa shape index (κ1) is 17.3. The molecule has 1 aliphatic rings. The minimum atomic E-state index is -0.861. The standard InChI is InChI=1S/C11H19N5O5/c1-3-18-11(17)9(6-12)14-21-15-20-8-16(2)10-7-13-4-5-19-10/h10,13,15H,3-5,7-8H2,1-2H3/b14-9+. The molecule has 1 aliphatic heterocycles. The highest BCUT2D eigenvalue weighted by Gasteiger charge is 2.18. The Morgan fingerprint density at radius 1 is 1.67 bits per heavy atom. The van der Waals surface area contributed by atoms with Gasteiger partial charge in [0.25, 0.3) is 5.71 Å². The van der Waals surface area contributed by atoms with Gasteiger partial charge in [-0.1, -0.05) is 0 Å². The van der Waals surface area contributed by atoms with E-state index in [0.29, 0.717) is 13.2 Å². The van der Waals surface area contributed by atoms with Crippen molar-refractivity contribution in [1.82, 2.24) is 15.9 Å². The van der Waals surface area contributed by atoms with E-state index < -0.39 is 11.7 Å². The van der Waals surface area contributed by atoms with Gasteiger partial charge in [0.05, 0.1) is 13.2 Å². The molecule has 1 fully saturated rings. The summed E-state index contributed by atoms with van der Waals surface area (Å²) in [7, 11) is 1.81. The van der Waals surface area contributed by atoms with E-state index in [4.69, 9.17) is 14.8 Å². The molecule has 1 unspecified atom stereocenters. The second-order valence-electron chi connectivity index (χ2n) is 4.01. The van der Waals surface area contributed by atoms with Crippen molar-refractivity contribution in [3.8, 4) is 6.07 Å². The van der Waals surface area contributed by atoms with E-state index >= 15 is 0 Å². The van der Waals surface area contributed by atoms with Crippen LogP contribution in [0.2, 0.25) is 0 Å².